The van der Waals surface area contributed by atoms with Crippen LogP contribution < -0.4 is 0 Å². The van der Waals surface area contributed by atoms with Crippen molar-refractivity contribution in [2.45, 2.75) is 12.5 Å². The van der Waals surface area contributed by atoms with Crippen molar-refractivity contribution in [1.82, 2.24) is 0 Å². The minimum absolute atomic E-state index is 0.274. The van der Waals surface area contributed by atoms with Crippen molar-refractivity contribution in [3.63, 3.8) is 0 Å². The summed E-state index contributed by atoms with van der Waals surface area (Å²) < 4.78 is 5.08. The monoisotopic (exact) mass is 123 g/mol. The molecule has 9 heavy (non-hydrogen) atoms. The first-order valence-electron chi connectivity index (χ1n) is 3.06. The van der Waals surface area contributed by atoms with E-state index in [-0.39, 0.29) is 6.10 Å². The van der Waals surface area contributed by atoms with Gasteiger partial charge in [-0.25, -0.2) is 0 Å². The number of hydrogen-bond acceptors (Lipinski definition) is 1. The second kappa shape index (κ2) is 2.74. The lowest BCUT2D eigenvalue weighted by molar-refractivity contribution is 0.139. The molecule has 0 saturated heterocycles. The summed E-state index contributed by atoms with van der Waals surface area (Å²) in [6, 6.07) is 0. The van der Waals surface area contributed by atoms with Crippen molar-refractivity contribution < 1.29 is 4.74 Å². The van der Waals surface area contributed by atoms with Crippen molar-refractivity contribution >= 4 is 0 Å². The van der Waals surface area contributed by atoms with Gasteiger partial charge in [-0.3, -0.25) is 0 Å². The lowest BCUT2D eigenvalue weighted by Gasteiger charge is -2.21. The molecule has 1 nitrogen and oxygen atoms in total. The van der Waals surface area contributed by atoms with Crippen LogP contribution in [0.4, 0.5) is 0 Å². The Morgan fingerprint density at radius 3 is 3.11 bits per heavy atom. The minimum atomic E-state index is 0.274. The molecule has 0 aromatic carbocycles. The fraction of sp³-hybridized carbons (Fsp3) is 0.375. The first-order chi connectivity index (χ1) is 4.33. The van der Waals surface area contributed by atoms with Gasteiger partial charge < -0.3 is 4.74 Å². The van der Waals surface area contributed by atoms with Crippen LogP contribution in [0.25, 0.3) is 0 Å². The van der Waals surface area contributed by atoms with E-state index >= 15 is 0 Å². The SMILES string of the molecule is C=C1C=CC(OC)C[CH-]1. The highest BCUT2D eigenvalue weighted by molar-refractivity contribution is 5.28. The highest BCUT2D eigenvalue weighted by atomic mass is 16.5. The maximum Gasteiger partial charge on any atom is 0.0576 e. The summed E-state index contributed by atoms with van der Waals surface area (Å²) in [5.74, 6) is 0. The predicted molar refractivity (Wildman–Crippen MR) is 38.0 cm³/mol. The zero-order valence-electron chi connectivity index (χ0n) is 5.63. The van der Waals surface area contributed by atoms with Gasteiger partial charge in [-0.15, -0.1) is 6.08 Å². The molecule has 50 valence electrons. The van der Waals surface area contributed by atoms with Crippen LogP contribution in [0.3, 0.4) is 0 Å². The van der Waals surface area contributed by atoms with Crippen LogP contribution in [-0.2, 0) is 4.74 Å². The number of rotatable bonds is 1. The normalized spacial score (nSPS) is 25.9. The Labute approximate surface area is 56.0 Å². The van der Waals surface area contributed by atoms with Gasteiger partial charge in [0, 0.05) is 7.11 Å². The molecule has 0 radical (unpaired) electrons. The van der Waals surface area contributed by atoms with E-state index in [1.807, 2.05) is 12.2 Å². The fourth-order valence-corrected chi connectivity index (χ4v) is 0.820. The van der Waals surface area contributed by atoms with Gasteiger partial charge in [0.25, 0.3) is 0 Å². The highest BCUT2D eigenvalue weighted by Crippen LogP contribution is 2.14. The third kappa shape index (κ3) is 1.61. The predicted octanol–water partition coefficient (Wildman–Crippen LogP) is 1.72. The molecule has 0 spiro atoms. The van der Waals surface area contributed by atoms with E-state index in [1.54, 1.807) is 7.11 Å². The maximum absolute atomic E-state index is 5.08. The van der Waals surface area contributed by atoms with E-state index in [0.717, 1.165) is 12.0 Å². The van der Waals surface area contributed by atoms with E-state index in [2.05, 4.69) is 13.0 Å². The van der Waals surface area contributed by atoms with Gasteiger partial charge in [0.1, 0.15) is 0 Å². The third-order valence-corrected chi connectivity index (χ3v) is 1.44. The van der Waals surface area contributed by atoms with Crippen LogP contribution in [-0.4, -0.2) is 13.2 Å². The van der Waals surface area contributed by atoms with Crippen molar-refractivity contribution in [2.24, 2.45) is 0 Å². The minimum Gasteiger partial charge on any atom is -0.379 e. The largest absolute Gasteiger partial charge is 0.379 e. The molecular formula is C8H11O-. The first kappa shape index (κ1) is 6.43. The Morgan fingerprint density at radius 2 is 2.67 bits per heavy atom. The van der Waals surface area contributed by atoms with Crippen LogP contribution >= 0.6 is 0 Å². The molecule has 1 heteroatoms. The third-order valence-electron chi connectivity index (χ3n) is 1.44. The summed E-state index contributed by atoms with van der Waals surface area (Å²) in [6.45, 7) is 3.78. The van der Waals surface area contributed by atoms with E-state index < -0.39 is 0 Å². The topological polar surface area (TPSA) is 9.23 Å². The average molecular weight is 123 g/mol. The Balaban J connectivity index is 2.48. The molecule has 1 unspecified atom stereocenters. The summed E-state index contributed by atoms with van der Waals surface area (Å²) in [4.78, 5) is 0. The van der Waals surface area contributed by atoms with E-state index in [4.69, 9.17) is 4.74 Å². The summed E-state index contributed by atoms with van der Waals surface area (Å²) in [5.41, 5.74) is 1.09. The average Bonchev–Trinajstić information content (AvgIpc) is 1.90. The molecule has 0 aliphatic heterocycles. The smallest absolute Gasteiger partial charge is 0.0576 e. The van der Waals surface area contributed by atoms with Gasteiger partial charge in [0.15, 0.2) is 0 Å². The fourth-order valence-electron chi connectivity index (χ4n) is 0.820. The summed E-state index contributed by atoms with van der Waals surface area (Å²) in [6.07, 6.45) is 7.33. The molecule has 1 aliphatic carbocycles. The number of ether oxygens (including phenoxy) is 1. The molecule has 0 heterocycles. The highest BCUT2D eigenvalue weighted by Gasteiger charge is 2.00. The van der Waals surface area contributed by atoms with Crippen LogP contribution in [0.5, 0.6) is 0 Å². The molecule has 0 aromatic rings. The summed E-state index contributed by atoms with van der Waals surface area (Å²) >= 11 is 0. The standard InChI is InChI=1S/C8H11O/c1-7-3-5-8(9-2)6-4-7/h3-5,8H,1,6H2,2H3/q-1. The summed E-state index contributed by atoms with van der Waals surface area (Å²) in [5, 5.41) is 0. The molecule has 1 rings (SSSR count). The second-order valence-corrected chi connectivity index (χ2v) is 2.15. The summed E-state index contributed by atoms with van der Waals surface area (Å²) in [7, 11) is 1.72. The van der Waals surface area contributed by atoms with Crippen molar-refractivity contribution in [2.75, 3.05) is 7.11 Å². The molecule has 0 aromatic heterocycles. The molecule has 0 saturated carbocycles. The van der Waals surface area contributed by atoms with E-state index in [0.29, 0.717) is 0 Å². The van der Waals surface area contributed by atoms with Crippen LogP contribution in [0, 0.1) is 6.42 Å². The number of allylic oxidation sites excluding steroid dienone is 2. The molecule has 0 N–H and O–H groups in total. The van der Waals surface area contributed by atoms with Gasteiger partial charge in [-0.2, -0.15) is 24.6 Å². The van der Waals surface area contributed by atoms with Gasteiger partial charge >= 0.3 is 0 Å². The van der Waals surface area contributed by atoms with Gasteiger partial charge in [0.2, 0.25) is 0 Å². The number of methoxy groups -OCH3 is 1. The van der Waals surface area contributed by atoms with Crippen LogP contribution in [0.2, 0.25) is 0 Å². The van der Waals surface area contributed by atoms with Crippen molar-refractivity contribution in [3.8, 4) is 0 Å². The van der Waals surface area contributed by atoms with Crippen molar-refractivity contribution in [3.05, 3.63) is 30.7 Å². The molecule has 1 atom stereocenters. The Bertz CT molecular complexity index is 136. The Hall–Kier alpha value is -0.690. The molecule has 1 aliphatic rings. The Kier molecular flexibility index (Phi) is 1.96. The maximum atomic E-state index is 5.08. The van der Waals surface area contributed by atoms with Gasteiger partial charge in [-0.1, -0.05) is 6.42 Å². The zero-order chi connectivity index (χ0) is 6.69. The molecular weight excluding hydrogens is 112 g/mol. The van der Waals surface area contributed by atoms with Crippen molar-refractivity contribution in [1.29, 1.82) is 0 Å². The van der Waals surface area contributed by atoms with Crippen LogP contribution in [0.1, 0.15) is 6.42 Å². The zero-order valence-corrected chi connectivity index (χ0v) is 5.63. The lowest BCUT2D eigenvalue weighted by Crippen LogP contribution is -2.10. The molecule has 0 fully saturated rings. The number of hydrogen-bond donors (Lipinski definition) is 0. The lowest BCUT2D eigenvalue weighted by atomic mass is 10.0. The molecule has 0 amide bonds. The van der Waals surface area contributed by atoms with Gasteiger partial charge in [-0.05, 0) is 0 Å². The quantitative estimate of drug-likeness (QED) is 0.482. The molecule has 0 bridgehead atoms. The first-order valence-corrected chi connectivity index (χ1v) is 3.06. The van der Waals surface area contributed by atoms with E-state index in [9.17, 15) is 0 Å². The van der Waals surface area contributed by atoms with Crippen LogP contribution in [0.15, 0.2) is 24.3 Å². The Morgan fingerprint density at radius 1 is 1.89 bits per heavy atom. The van der Waals surface area contributed by atoms with Gasteiger partial charge in [0.05, 0.1) is 6.10 Å². The van der Waals surface area contributed by atoms with E-state index in [1.165, 1.54) is 0 Å². The second-order valence-electron chi connectivity index (χ2n) is 2.15.